The lowest BCUT2D eigenvalue weighted by Gasteiger charge is -2.29. The maximum atomic E-state index is 12.5. The minimum Gasteiger partial charge on any atom is -0.462 e. The van der Waals surface area contributed by atoms with Gasteiger partial charge in [-0.25, -0.2) is 9.59 Å². The van der Waals surface area contributed by atoms with E-state index in [1.807, 2.05) is 26.0 Å². The molecule has 0 saturated heterocycles. The number of unbranched alkanes of at least 4 members (excludes halogenated alkanes) is 3. The number of rotatable bonds is 12. The minimum absolute atomic E-state index is 0.0299. The highest BCUT2D eigenvalue weighted by Gasteiger charge is 2.30. The van der Waals surface area contributed by atoms with Gasteiger partial charge in [-0.1, -0.05) is 76.8 Å². The first-order valence-corrected chi connectivity index (χ1v) is 10.00. The molecule has 0 amide bonds. The third kappa shape index (κ3) is 7.59. The average Bonchev–Trinajstić information content (AvgIpc) is 2.66. The minimum atomic E-state index is -0.580. The van der Waals surface area contributed by atoms with Crippen molar-refractivity contribution in [1.29, 1.82) is 0 Å². The molecule has 4 heteroatoms. The van der Waals surface area contributed by atoms with Crippen molar-refractivity contribution in [2.24, 2.45) is 5.41 Å². The fraction of sp³-hybridized carbons (Fsp3) is 0.636. The van der Waals surface area contributed by atoms with Gasteiger partial charge in [0.25, 0.3) is 0 Å². The summed E-state index contributed by atoms with van der Waals surface area (Å²) in [4.78, 5) is 24.9. The number of allylic oxidation sites excluding steroid dienone is 5. The molecule has 0 aromatic carbocycles. The molecule has 26 heavy (non-hydrogen) atoms. The first kappa shape index (κ1) is 22.2. The van der Waals surface area contributed by atoms with Gasteiger partial charge in [0, 0.05) is 5.41 Å². The second-order valence-electron chi connectivity index (χ2n) is 6.87. The van der Waals surface area contributed by atoms with Crippen LogP contribution < -0.4 is 0 Å². The molecule has 0 aromatic rings. The number of hydrogen-bond acceptors (Lipinski definition) is 4. The molecule has 0 N–H and O–H groups in total. The quantitative estimate of drug-likeness (QED) is 0.156. The van der Waals surface area contributed by atoms with Crippen molar-refractivity contribution in [3.05, 3.63) is 36.0 Å². The first-order valence-electron chi connectivity index (χ1n) is 10.00. The van der Waals surface area contributed by atoms with E-state index in [1.54, 1.807) is 6.08 Å². The maximum Gasteiger partial charge on any atom is 0.345 e. The molecule has 0 spiro atoms. The molecule has 1 rings (SSSR count). The van der Waals surface area contributed by atoms with Gasteiger partial charge in [0.2, 0.25) is 0 Å². The summed E-state index contributed by atoms with van der Waals surface area (Å²) in [6.45, 7) is 6.64. The Kier molecular flexibility index (Phi) is 10.7. The SMILES string of the molecule is CCCCCCC1(C=C(C(=O)OCCC)C(=O)OCCC)C=CC=CC1. The molecule has 0 radical (unpaired) electrons. The molecule has 0 aromatic heterocycles. The third-order valence-electron chi connectivity index (χ3n) is 4.42. The molecule has 1 aliphatic carbocycles. The Labute approximate surface area is 158 Å². The lowest BCUT2D eigenvalue weighted by atomic mass is 9.76. The zero-order valence-electron chi connectivity index (χ0n) is 16.6. The Balaban J connectivity index is 3.04. The molecular formula is C22H34O4. The molecule has 0 aliphatic heterocycles. The summed E-state index contributed by atoms with van der Waals surface area (Å²) in [7, 11) is 0. The summed E-state index contributed by atoms with van der Waals surface area (Å²) >= 11 is 0. The predicted molar refractivity (Wildman–Crippen MR) is 105 cm³/mol. The van der Waals surface area contributed by atoms with Gasteiger partial charge in [-0.3, -0.25) is 0 Å². The summed E-state index contributed by atoms with van der Waals surface area (Å²) in [6.07, 6.45) is 17.7. The molecule has 0 fully saturated rings. The van der Waals surface area contributed by atoms with Crippen molar-refractivity contribution in [2.75, 3.05) is 13.2 Å². The standard InChI is InChI=1S/C22H34O4/c1-4-7-8-10-13-22(14-11-9-12-15-22)18-19(20(23)25-16-5-2)21(24)26-17-6-3/h9,11-12,14,18H,4-8,10,13,15-17H2,1-3H3. The van der Waals surface area contributed by atoms with Crippen LogP contribution in [0.25, 0.3) is 0 Å². The van der Waals surface area contributed by atoms with E-state index < -0.39 is 11.9 Å². The molecule has 0 bridgehead atoms. The van der Waals surface area contributed by atoms with E-state index in [2.05, 4.69) is 19.1 Å². The molecule has 1 unspecified atom stereocenters. The van der Waals surface area contributed by atoms with E-state index in [0.29, 0.717) is 26.1 Å². The van der Waals surface area contributed by atoms with Crippen LogP contribution in [0.5, 0.6) is 0 Å². The lowest BCUT2D eigenvalue weighted by Crippen LogP contribution is -2.24. The molecule has 0 heterocycles. The number of carbonyl (C=O) groups is 2. The van der Waals surface area contributed by atoms with E-state index in [4.69, 9.17) is 9.47 Å². The highest BCUT2D eigenvalue weighted by molar-refractivity contribution is 6.14. The molecule has 1 aliphatic rings. The molecule has 4 nitrogen and oxygen atoms in total. The van der Waals surface area contributed by atoms with Crippen LogP contribution in [0.2, 0.25) is 0 Å². The number of hydrogen-bond donors (Lipinski definition) is 0. The van der Waals surface area contributed by atoms with Gasteiger partial charge < -0.3 is 9.47 Å². The van der Waals surface area contributed by atoms with Crippen LogP contribution in [0.4, 0.5) is 0 Å². The molecule has 1 atom stereocenters. The number of esters is 2. The van der Waals surface area contributed by atoms with Crippen molar-refractivity contribution in [3.63, 3.8) is 0 Å². The van der Waals surface area contributed by atoms with Crippen molar-refractivity contribution in [1.82, 2.24) is 0 Å². The van der Waals surface area contributed by atoms with Gasteiger partial charge in [-0.2, -0.15) is 0 Å². The zero-order chi connectivity index (χ0) is 19.3. The van der Waals surface area contributed by atoms with Crippen LogP contribution in [-0.2, 0) is 19.1 Å². The Morgan fingerprint density at radius 2 is 1.58 bits per heavy atom. The van der Waals surface area contributed by atoms with Crippen LogP contribution in [0.1, 0.15) is 72.1 Å². The zero-order valence-corrected chi connectivity index (χ0v) is 16.6. The second-order valence-corrected chi connectivity index (χ2v) is 6.87. The Morgan fingerprint density at radius 1 is 0.923 bits per heavy atom. The summed E-state index contributed by atoms with van der Waals surface area (Å²) in [5.41, 5.74) is -0.295. The fourth-order valence-electron chi connectivity index (χ4n) is 2.96. The van der Waals surface area contributed by atoms with Gasteiger partial charge >= 0.3 is 11.9 Å². The van der Waals surface area contributed by atoms with E-state index in [1.165, 1.54) is 12.8 Å². The Bertz CT molecular complexity index is 508. The van der Waals surface area contributed by atoms with Crippen LogP contribution in [0, 0.1) is 5.41 Å². The van der Waals surface area contributed by atoms with E-state index in [0.717, 1.165) is 25.7 Å². The van der Waals surface area contributed by atoms with Crippen molar-refractivity contribution in [2.45, 2.75) is 72.1 Å². The number of ether oxygens (including phenoxy) is 2. The van der Waals surface area contributed by atoms with Crippen LogP contribution in [0.15, 0.2) is 36.0 Å². The number of carbonyl (C=O) groups excluding carboxylic acids is 2. The highest BCUT2D eigenvalue weighted by atomic mass is 16.6. The average molecular weight is 363 g/mol. The van der Waals surface area contributed by atoms with Gasteiger partial charge in [-0.05, 0) is 25.7 Å². The largest absolute Gasteiger partial charge is 0.462 e. The Morgan fingerprint density at radius 3 is 2.08 bits per heavy atom. The molecule has 146 valence electrons. The van der Waals surface area contributed by atoms with Gasteiger partial charge in [-0.15, -0.1) is 0 Å². The molecular weight excluding hydrogens is 328 g/mol. The van der Waals surface area contributed by atoms with Crippen LogP contribution in [0.3, 0.4) is 0 Å². The van der Waals surface area contributed by atoms with E-state index >= 15 is 0 Å². The van der Waals surface area contributed by atoms with E-state index in [-0.39, 0.29) is 11.0 Å². The second kappa shape index (κ2) is 12.5. The fourth-order valence-corrected chi connectivity index (χ4v) is 2.96. The summed E-state index contributed by atoms with van der Waals surface area (Å²) in [5.74, 6) is -1.16. The highest BCUT2D eigenvalue weighted by Crippen LogP contribution is 2.37. The lowest BCUT2D eigenvalue weighted by molar-refractivity contribution is -0.147. The maximum absolute atomic E-state index is 12.5. The normalized spacial score (nSPS) is 18.4. The Hall–Kier alpha value is -1.84. The predicted octanol–water partition coefficient (Wildman–Crippen LogP) is 5.29. The van der Waals surface area contributed by atoms with Crippen LogP contribution >= 0.6 is 0 Å². The third-order valence-corrected chi connectivity index (χ3v) is 4.42. The van der Waals surface area contributed by atoms with Crippen molar-refractivity contribution >= 4 is 11.9 Å². The smallest absolute Gasteiger partial charge is 0.345 e. The van der Waals surface area contributed by atoms with Crippen molar-refractivity contribution in [3.8, 4) is 0 Å². The topological polar surface area (TPSA) is 52.6 Å². The monoisotopic (exact) mass is 362 g/mol. The first-order chi connectivity index (χ1) is 12.6. The van der Waals surface area contributed by atoms with Gasteiger partial charge in [0.1, 0.15) is 5.57 Å². The van der Waals surface area contributed by atoms with Gasteiger partial charge in [0.15, 0.2) is 0 Å². The van der Waals surface area contributed by atoms with Gasteiger partial charge in [0.05, 0.1) is 13.2 Å². The van der Waals surface area contributed by atoms with E-state index in [9.17, 15) is 9.59 Å². The summed E-state index contributed by atoms with van der Waals surface area (Å²) in [5, 5.41) is 0. The molecule has 0 saturated carbocycles. The van der Waals surface area contributed by atoms with Crippen molar-refractivity contribution < 1.29 is 19.1 Å². The van der Waals surface area contributed by atoms with Crippen LogP contribution in [-0.4, -0.2) is 25.2 Å². The summed E-state index contributed by atoms with van der Waals surface area (Å²) in [6, 6.07) is 0. The summed E-state index contributed by atoms with van der Waals surface area (Å²) < 4.78 is 10.5.